The Morgan fingerprint density at radius 3 is 2.71 bits per heavy atom. The van der Waals surface area contributed by atoms with Gasteiger partial charge in [0.2, 0.25) is 0 Å². The Hall–Kier alpha value is 0.220. The lowest BCUT2D eigenvalue weighted by Crippen LogP contribution is -1.63. The fraction of sp³-hybridized carbons (Fsp3) is 0.500. The van der Waals surface area contributed by atoms with Gasteiger partial charge in [0.25, 0.3) is 0 Å². The van der Waals surface area contributed by atoms with Gasteiger partial charge in [-0.1, -0.05) is 35.4 Å². The molecule has 0 saturated heterocycles. The molecule has 0 aliphatic rings. The smallest absolute Gasteiger partial charge is 0.0229 e. The van der Waals surface area contributed by atoms with Gasteiger partial charge in [0.15, 0.2) is 0 Å². The Bertz CT molecular complexity index is 48.1. The second kappa shape index (κ2) is 6.22. The van der Waals surface area contributed by atoms with Crippen molar-refractivity contribution in [1.82, 2.24) is 0 Å². The highest BCUT2D eigenvalue weighted by Crippen LogP contribution is 1.95. The summed E-state index contributed by atoms with van der Waals surface area (Å²) >= 11 is 3.18. The van der Waals surface area contributed by atoms with Crippen LogP contribution in [0, 0.1) is 6.92 Å². The molecule has 0 aliphatic carbocycles. The van der Waals surface area contributed by atoms with Crippen molar-refractivity contribution in [2.45, 2.75) is 19.3 Å². The molecule has 0 bridgehead atoms. The fourth-order valence-electron chi connectivity index (χ4n) is 0.325. The predicted octanol–water partition coefficient (Wildman–Crippen LogP) is 2.90. The molecule has 0 amide bonds. The molecule has 0 saturated carbocycles. The summed E-state index contributed by atoms with van der Waals surface area (Å²) in [7, 11) is 0. The van der Waals surface area contributed by atoms with Crippen molar-refractivity contribution in [2.75, 3.05) is 0 Å². The van der Waals surface area contributed by atoms with Crippen LogP contribution in [0.4, 0.5) is 0 Å². The van der Waals surface area contributed by atoms with E-state index in [0.29, 0.717) is 0 Å². The van der Waals surface area contributed by atoms with Gasteiger partial charge in [0.05, 0.1) is 0 Å². The molecule has 0 atom stereocenters. The molecular formula is C6H10Br. The molecule has 0 N–H and O–H groups in total. The Labute approximate surface area is 53.7 Å². The summed E-state index contributed by atoms with van der Waals surface area (Å²) in [5.74, 6) is 0. The molecule has 0 aromatic heterocycles. The average molecular weight is 162 g/mol. The number of hydrogen-bond donors (Lipinski definition) is 0. The predicted molar refractivity (Wildman–Crippen MR) is 37.3 cm³/mol. The van der Waals surface area contributed by atoms with E-state index in [1.165, 1.54) is 6.42 Å². The van der Waals surface area contributed by atoms with Gasteiger partial charge < -0.3 is 0 Å². The lowest BCUT2D eigenvalue weighted by atomic mass is 10.3. The minimum atomic E-state index is 1.04. The van der Waals surface area contributed by atoms with E-state index >= 15 is 0 Å². The zero-order chi connectivity index (χ0) is 5.54. The first kappa shape index (κ1) is 7.22. The zero-order valence-corrected chi connectivity index (χ0v) is 5.95. The van der Waals surface area contributed by atoms with Crippen molar-refractivity contribution in [3.8, 4) is 0 Å². The highest BCUT2D eigenvalue weighted by molar-refractivity contribution is 9.11. The third-order valence-electron chi connectivity index (χ3n) is 0.710. The molecule has 0 rings (SSSR count). The number of rotatable bonds is 3. The number of unbranched alkanes of at least 4 members (excludes halogenated alkanes) is 2. The molecule has 0 unspecified atom stereocenters. The molecule has 0 aromatic carbocycles. The van der Waals surface area contributed by atoms with Crippen LogP contribution in [-0.4, -0.2) is 0 Å². The van der Waals surface area contributed by atoms with E-state index in [-0.39, 0.29) is 0 Å². The quantitative estimate of drug-likeness (QED) is 0.559. The van der Waals surface area contributed by atoms with Gasteiger partial charge in [-0.25, -0.2) is 0 Å². The SMILES string of the molecule is [CH2]CCCC=CBr. The van der Waals surface area contributed by atoms with Gasteiger partial charge in [-0.3, -0.25) is 0 Å². The topological polar surface area (TPSA) is 0 Å². The van der Waals surface area contributed by atoms with Crippen molar-refractivity contribution in [1.29, 1.82) is 0 Å². The van der Waals surface area contributed by atoms with Crippen molar-refractivity contribution < 1.29 is 0 Å². The van der Waals surface area contributed by atoms with Crippen molar-refractivity contribution in [3.63, 3.8) is 0 Å². The maximum atomic E-state index is 3.71. The largest absolute Gasteiger partial charge is 0.0776 e. The van der Waals surface area contributed by atoms with E-state index in [9.17, 15) is 0 Å². The summed E-state index contributed by atoms with van der Waals surface area (Å²) in [5, 5.41) is 0. The number of hydrogen-bond acceptors (Lipinski definition) is 0. The van der Waals surface area contributed by atoms with Gasteiger partial charge in [-0.2, -0.15) is 0 Å². The Morgan fingerprint density at radius 1 is 1.57 bits per heavy atom. The van der Waals surface area contributed by atoms with E-state index in [1.54, 1.807) is 0 Å². The Kier molecular flexibility index (Phi) is 6.42. The van der Waals surface area contributed by atoms with Gasteiger partial charge in [-0.05, 0) is 17.8 Å². The minimum absolute atomic E-state index is 1.04. The van der Waals surface area contributed by atoms with Crippen LogP contribution >= 0.6 is 15.9 Å². The first-order valence-electron chi connectivity index (χ1n) is 2.46. The minimum Gasteiger partial charge on any atom is -0.0776 e. The molecule has 0 spiro atoms. The maximum Gasteiger partial charge on any atom is -0.0229 e. The van der Waals surface area contributed by atoms with Crippen LogP contribution < -0.4 is 0 Å². The molecule has 1 radical (unpaired) electrons. The molecule has 7 heavy (non-hydrogen) atoms. The van der Waals surface area contributed by atoms with Crippen LogP contribution in [0.1, 0.15) is 19.3 Å². The standard InChI is InChI=1S/C6H10Br/c1-2-3-4-5-6-7/h5-6H,1-4H2. The Morgan fingerprint density at radius 2 is 2.29 bits per heavy atom. The highest BCUT2D eigenvalue weighted by Gasteiger charge is 1.73. The maximum absolute atomic E-state index is 3.71. The van der Waals surface area contributed by atoms with Gasteiger partial charge in [-0.15, -0.1) is 0 Å². The lowest BCUT2D eigenvalue weighted by molar-refractivity contribution is 0.867. The van der Waals surface area contributed by atoms with Gasteiger partial charge in [0, 0.05) is 0 Å². The lowest BCUT2D eigenvalue weighted by Gasteiger charge is -1.83. The second-order valence-corrected chi connectivity index (χ2v) is 1.89. The first-order valence-corrected chi connectivity index (χ1v) is 3.38. The van der Waals surface area contributed by atoms with Gasteiger partial charge >= 0.3 is 0 Å². The summed E-state index contributed by atoms with van der Waals surface area (Å²) in [4.78, 5) is 1.89. The van der Waals surface area contributed by atoms with Crippen LogP contribution in [-0.2, 0) is 0 Å². The normalized spacial score (nSPS) is 10.6. The monoisotopic (exact) mass is 161 g/mol. The van der Waals surface area contributed by atoms with E-state index in [2.05, 4.69) is 28.9 Å². The van der Waals surface area contributed by atoms with E-state index in [0.717, 1.165) is 12.8 Å². The van der Waals surface area contributed by atoms with Crippen LogP contribution in [0.3, 0.4) is 0 Å². The van der Waals surface area contributed by atoms with Crippen molar-refractivity contribution >= 4 is 15.9 Å². The van der Waals surface area contributed by atoms with Crippen LogP contribution in [0.5, 0.6) is 0 Å². The van der Waals surface area contributed by atoms with E-state index in [4.69, 9.17) is 0 Å². The molecule has 0 aromatic rings. The zero-order valence-electron chi connectivity index (χ0n) is 4.36. The fourth-order valence-corrected chi connectivity index (χ4v) is 0.590. The molecule has 41 valence electrons. The van der Waals surface area contributed by atoms with E-state index < -0.39 is 0 Å². The second-order valence-electron chi connectivity index (χ2n) is 1.36. The number of halogens is 1. The average Bonchev–Trinajstić information content (AvgIpc) is 1.69. The van der Waals surface area contributed by atoms with Crippen molar-refractivity contribution in [3.05, 3.63) is 18.0 Å². The Balaban J connectivity index is 2.69. The van der Waals surface area contributed by atoms with Crippen molar-refractivity contribution in [2.24, 2.45) is 0 Å². The molecule has 0 fully saturated rings. The summed E-state index contributed by atoms with van der Waals surface area (Å²) in [6.45, 7) is 3.71. The molecule has 0 nitrogen and oxygen atoms in total. The molecule has 0 aliphatic heterocycles. The third kappa shape index (κ3) is 6.22. The third-order valence-corrected chi connectivity index (χ3v) is 1.08. The summed E-state index contributed by atoms with van der Waals surface area (Å²) in [6.07, 6.45) is 5.47. The van der Waals surface area contributed by atoms with Gasteiger partial charge in [0.1, 0.15) is 0 Å². The highest BCUT2D eigenvalue weighted by atomic mass is 79.9. The molecule has 0 heterocycles. The summed E-state index contributed by atoms with van der Waals surface area (Å²) < 4.78 is 0. The van der Waals surface area contributed by atoms with Crippen LogP contribution in [0.2, 0.25) is 0 Å². The first-order chi connectivity index (χ1) is 3.41. The molecule has 1 heteroatoms. The van der Waals surface area contributed by atoms with Crippen LogP contribution in [0.15, 0.2) is 11.1 Å². The number of allylic oxidation sites excluding steroid dienone is 1. The summed E-state index contributed by atoms with van der Waals surface area (Å²) in [5.41, 5.74) is 0. The molecular weight excluding hydrogens is 152 g/mol. The van der Waals surface area contributed by atoms with Crippen LogP contribution in [0.25, 0.3) is 0 Å². The summed E-state index contributed by atoms with van der Waals surface area (Å²) in [6, 6.07) is 0. The van der Waals surface area contributed by atoms with E-state index in [1.807, 2.05) is 4.99 Å².